The largest absolute Gasteiger partial charge is 0.322 e. The van der Waals surface area contributed by atoms with E-state index < -0.39 is 0 Å². The summed E-state index contributed by atoms with van der Waals surface area (Å²) < 4.78 is 1.57. The van der Waals surface area contributed by atoms with Crippen LogP contribution in [0.1, 0.15) is 13.8 Å². The van der Waals surface area contributed by atoms with Gasteiger partial charge < -0.3 is 10.2 Å². The van der Waals surface area contributed by atoms with Crippen LogP contribution in [-0.2, 0) is 0 Å². The molecule has 3 heterocycles. The molecule has 0 atom stereocenters. The van der Waals surface area contributed by atoms with Crippen LogP contribution in [0.5, 0.6) is 0 Å². The topological polar surface area (TPSA) is 79.2 Å². The van der Waals surface area contributed by atoms with Crippen LogP contribution < -0.4 is 5.32 Å². The molecule has 1 fully saturated rings. The first-order valence-corrected chi connectivity index (χ1v) is 7.74. The van der Waals surface area contributed by atoms with Crippen molar-refractivity contribution in [3.05, 3.63) is 31.0 Å². The summed E-state index contributed by atoms with van der Waals surface area (Å²) in [5, 5.41) is 6.90. The summed E-state index contributed by atoms with van der Waals surface area (Å²) in [6, 6.07) is 4.05. The fraction of sp³-hybridized carbons (Fsp3) is 0.467. The summed E-state index contributed by atoms with van der Waals surface area (Å²) in [5.74, 6) is 0.658. The first kappa shape index (κ1) is 15.4. The number of amides is 2. The Bertz CT molecular complexity index is 630. The molecule has 0 radical (unpaired) electrons. The minimum atomic E-state index is -0.0799. The van der Waals surface area contributed by atoms with E-state index in [1.165, 1.54) is 6.33 Å². The molecule has 0 unspecified atom stereocenters. The van der Waals surface area contributed by atoms with Crippen molar-refractivity contribution < 1.29 is 4.79 Å². The van der Waals surface area contributed by atoms with E-state index in [-0.39, 0.29) is 6.03 Å². The third-order valence-electron chi connectivity index (χ3n) is 3.98. The molecule has 3 rings (SSSR count). The van der Waals surface area contributed by atoms with Crippen LogP contribution in [0.2, 0.25) is 0 Å². The molecule has 1 aliphatic rings. The first-order chi connectivity index (χ1) is 11.1. The predicted octanol–water partition coefficient (Wildman–Crippen LogP) is 1.22. The second-order valence-electron chi connectivity index (χ2n) is 5.79. The number of rotatable bonds is 3. The maximum absolute atomic E-state index is 12.3. The Morgan fingerprint density at radius 3 is 2.57 bits per heavy atom. The lowest BCUT2D eigenvalue weighted by atomic mass is 10.2. The Balaban J connectivity index is 1.56. The minimum absolute atomic E-state index is 0.0799. The zero-order valence-electron chi connectivity index (χ0n) is 13.4. The number of carbonyl (C=O) groups excluding carboxylic acids is 1. The molecule has 122 valence electrons. The highest BCUT2D eigenvalue weighted by molar-refractivity contribution is 5.89. The molecule has 2 aromatic heterocycles. The van der Waals surface area contributed by atoms with Crippen molar-refractivity contribution in [3.8, 4) is 5.82 Å². The van der Waals surface area contributed by atoms with Gasteiger partial charge in [-0.3, -0.25) is 4.90 Å². The lowest BCUT2D eigenvalue weighted by molar-refractivity contribution is 0.125. The number of pyridine rings is 1. The Kier molecular flexibility index (Phi) is 4.52. The number of urea groups is 1. The molecule has 8 nitrogen and oxygen atoms in total. The Morgan fingerprint density at radius 1 is 1.22 bits per heavy atom. The van der Waals surface area contributed by atoms with Gasteiger partial charge in [-0.15, -0.1) is 0 Å². The molecular weight excluding hydrogens is 294 g/mol. The molecule has 2 amide bonds. The van der Waals surface area contributed by atoms with Gasteiger partial charge in [0, 0.05) is 32.2 Å². The van der Waals surface area contributed by atoms with E-state index in [2.05, 4.69) is 39.1 Å². The molecule has 8 heteroatoms. The Labute approximate surface area is 135 Å². The van der Waals surface area contributed by atoms with Crippen LogP contribution in [0.4, 0.5) is 10.5 Å². The fourth-order valence-corrected chi connectivity index (χ4v) is 2.57. The van der Waals surface area contributed by atoms with Gasteiger partial charge in [-0.1, -0.05) is 0 Å². The summed E-state index contributed by atoms with van der Waals surface area (Å²) in [4.78, 5) is 24.7. The van der Waals surface area contributed by atoms with Crippen molar-refractivity contribution in [2.24, 2.45) is 0 Å². The molecular formula is C15H21N7O. The average molecular weight is 315 g/mol. The summed E-state index contributed by atoms with van der Waals surface area (Å²) in [7, 11) is 0. The highest BCUT2D eigenvalue weighted by Gasteiger charge is 2.22. The summed E-state index contributed by atoms with van der Waals surface area (Å²) in [6.45, 7) is 7.67. The molecule has 0 saturated carbocycles. The van der Waals surface area contributed by atoms with E-state index in [4.69, 9.17) is 0 Å². The SMILES string of the molecule is CC(C)N1CCN(C(=O)Nc2ccc(-n3cncn3)nc2)CC1. The van der Waals surface area contributed by atoms with E-state index in [9.17, 15) is 4.79 Å². The fourth-order valence-electron chi connectivity index (χ4n) is 2.57. The van der Waals surface area contributed by atoms with Gasteiger partial charge in [0.05, 0.1) is 11.9 Å². The molecule has 0 spiro atoms. The van der Waals surface area contributed by atoms with Crippen molar-refractivity contribution >= 4 is 11.7 Å². The Morgan fingerprint density at radius 2 is 2.00 bits per heavy atom. The number of hydrogen-bond donors (Lipinski definition) is 1. The third-order valence-corrected chi connectivity index (χ3v) is 3.98. The van der Waals surface area contributed by atoms with Crippen molar-refractivity contribution in [1.29, 1.82) is 0 Å². The van der Waals surface area contributed by atoms with E-state index in [1.54, 1.807) is 23.3 Å². The number of aromatic nitrogens is 4. The maximum atomic E-state index is 12.3. The van der Waals surface area contributed by atoms with E-state index >= 15 is 0 Å². The summed E-state index contributed by atoms with van der Waals surface area (Å²) in [6.07, 6.45) is 4.66. The van der Waals surface area contributed by atoms with Gasteiger partial charge in [-0.25, -0.2) is 19.4 Å². The highest BCUT2D eigenvalue weighted by atomic mass is 16.2. The van der Waals surface area contributed by atoms with Crippen molar-refractivity contribution in [3.63, 3.8) is 0 Å². The smallest absolute Gasteiger partial charge is 0.321 e. The Hall–Kier alpha value is -2.48. The van der Waals surface area contributed by atoms with Crippen LogP contribution in [0.15, 0.2) is 31.0 Å². The van der Waals surface area contributed by atoms with Gasteiger partial charge in [-0.05, 0) is 26.0 Å². The molecule has 1 aliphatic heterocycles. The van der Waals surface area contributed by atoms with Gasteiger partial charge in [-0.2, -0.15) is 5.10 Å². The maximum Gasteiger partial charge on any atom is 0.321 e. The van der Waals surface area contributed by atoms with Gasteiger partial charge in [0.1, 0.15) is 12.7 Å². The standard InChI is InChI=1S/C15H21N7O/c1-12(2)20-5-7-21(8-6-20)15(23)19-13-3-4-14(17-9-13)22-11-16-10-18-22/h3-4,9-12H,5-8H2,1-2H3,(H,19,23). The number of piperazine rings is 1. The zero-order valence-corrected chi connectivity index (χ0v) is 13.4. The summed E-state index contributed by atoms with van der Waals surface area (Å²) >= 11 is 0. The number of hydrogen-bond acceptors (Lipinski definition) is 5. The molecule has 0 bridgehead atoms. The molecule has 23 heavy (non-hydrogen) atoms. The molecule has 0 aliphatic carbocycles. The van der Waals surface area contributed by atoms with E-state index in [0.29, 0.717) is 17.5 Å². The molecule has 1 saturated heterocycles. The minimum Gasteiger partial charge on any atom is -0.322 e. The second kappa shape index (κ2) is 6.74. The second-order valence-corrected chi connectivity index (χ2v) is 5.79. The third kappa shape index (κ3) is 3.65. The van der Waals surface area contributed by atoms with E-state index in [1.807, 2.05) is 11.0 Å². The zero-order chi connectivity index (χ0) is 16.2. The number of nitrogens with zero attached hydrogens (tertiary/aromatic N) is 6. The van der Waals surface area contributed by atoms with Crippen LogP contribution in [0, 0.1) is 0 Å². The van der Waals surface area contributed by atoms with E-state index in [0.717, 1.165) is 26.2 Å². The summed E-state index contributed by atoms with van der Waals surface area (Å²) in [5.41, 5.74) is 0.671. The van der Waals surface area contributed by atoms with Crippen molar-refractivity contribution in [2.45, 2.75) is 19.9 Å². The highest BCUT2D eigenvalue weighted by Crippen LogP contribution is 2.11. The van der Waals surface area contributed by atoms with Gasteiger partial charge >= 0.3 is 6.03 Å². The normalized spacial score (nSPS) is 15.9. The number of nitrogens with one attached hydrogen (secondary N) is 1. The van der Waals surface area contributed by atoms with Crippen LogP contribution in [0.3, 0.4) is 0 Å². The monoisotopic (exact) mass is 315 g/mol. The predicted molar refractivity (Wildman–Crippen MR) is 86.5 cm³/mol. The molecule has 0 aromatic carbocycles. The van der Waals surface area contributed by atoms with Crippen molar-refractivity contribution in [1.82, 2.24) is 29.5 Å². The molecule has 1 N–H and O–H groups in total. The number of anilines is 1. The lowest BCUT2D eigenvalue weighted by Gasteiger charge is -2.36. The van der Waals surface area contributed by atoms with Crippen LogP contribution in [0.25, 0.3) is 5.82 Å². The van der Waals surface area contributed by atoms with Gasteiger partial charge in [0.15, 0.2) is 5.82 Å². The van der Waals surface area contributed by atoms with Crippen molar-refractivity contribution in [2.75, 3.05) is 31.5 Å². The van der Waals surface area contributed by atoms with Gasteiger partial charge in [0.25, 0.3) is 0 Å². The molecule has 2 aromatic rings. The van der Waals surface area contributed by atoms with Crippen LogP contribution >= 0.6 is 0 Å². The quantitative estimate of drug-likeness (QED) is 0.921. The van der Waals surface area contributed by atoms with Crippen LogP contribution in [-0.4, -0.2) is 67.8 Å². The van der Waals surface area contributed by atoms with Gasteiger partial charge in [0.2, 0.25) is 0 Å². The lowest BCUT2D eigenvalue weighted by Crippen LogP contribution is -2.51. The average Bonchev–Trinajstić information content (AvgIpc) is 3.10. The first-order valence-electron chi connectivity index (χ1n) is 7.74. The number of carbonyl (C=O) groups is 1.